The first-order chi connectivity index (χ1) is 10.5. The van der Waals surface area contributed by atoms with Gasteiger partial charge >= 0.3 is 12.4 Å². The van der Waals surface area contributed by atoms with E-state index in [-0.39, 0.29) is 12.1 Å². The lowest BCUT2D eigenvalue weighted by atomic mass is 9.81. The van der Waals surface area contributed by atoms with Gasteiger partial charge in [0.05, 0.1) is 0 Å². The molecular weight excluding hydrogens is 328 g/mol. The number of Topliss-reactive ketones (excluding diaryl/α,β-unsaturated/α-hetero) is 2. The zero-order valence-corrected chi connectivity index (χ0v) is 11.5. The first-order valence-corrected chi connectivity index (χ1v) is 6.56. The Kier molecular flexibility index (Phi) is 4.52. The van der Waals surface area contributed by atoms with E-state index in [4.69, 9.17) is 0 Å². The maximum absolute atomic E-state index is 12.7. The van der Waals surface area contributed by atoms with Gasteiger partial charge in [-0.05, 0) is 24.1 Å². The monoisotopic (exact) mass is 339 g/mol. The van der Waals surface area contributed by atoms with Gasteiger partial charge in [-0.25, -0.2) is 0 Å². The Bertz CT molecular complexity index is 596. The molecule has 1 heterocycles. The molecule has 2 rings (SSSR count). The Balaban J connectivity index is 2.51. The minimum absolute atomic E-state index is 0.0639. The Labute approximate surface area is 126 Å². The van der Waals surface area contributed by atoms with Crippen molar-refractivity contribution in [3.05, 3.63) is 35.4 Å². The number of hydrogen-bond acceptors (Lipinski definition) is 3. The molecule has 0 aromatic heterocycles. The van der Waals surface area contributed by atoms with Crippen molar-refractivity contribution in [2.45, 2.75) is 24.8 Å². The van der Waals surface area contributed by atoms with E-state index in [1.54, 1.807) is 6.07 Å². The van der Waals surface area contributed by atoms with Crippen molar-refractivity contribution >= 4 is 11.6 Å². The second-order valence-corrected chi connectivity index (χ2v) is 5.08. The molecule has 1 atom stereocenters. The minimum Gasteiger partial charge on any atom is -0.309 e. The van der Waals surface area contributed by atoms with Gasteiger partial charge in [-0.3, -0.25) is 9.59 Å². The quantitative estimate of drug-likeness (QED) is 0.680. The van der Waals surface area contributed by atoms with E-state index in [0.29, 0.717) is 12.0 Å². The standard InChI is InChI=1S/C14H11F6NO2/c15-13(16,17)11(22)9(12(23)14(18,19)20)10-8-4-2-1-3-7(8)5-6-21-10/h1-4,9-10,21H,5-6H2/t10-/m0/s1. The topological polar surface area (TPSA) is 46.2 Å². The molecule has 1 aromatic carbocycles. The molecule has 0 spiro atoms. The van der Waals surface area contributed by atoms with Crippen molar-refractivity contribution in [2.75, 3.05) is 6.54 Å². The van der Waals surface area contributed by atoms with Gasteiger partial charge in [-0.1, -0.05) is 24.3 Å². The molecule has 1 aliphatic heterocycles. The first-order valence-electron chi connectivity index (χ1n) is 6.56. The molecule has 0 radical (unpaired) electrons. The van der Waals surface area contributed by atoms with E-state index < -0.39 is 35.9 Å². The fourth-order valence-corrected chi connectivity index (χ4v) is 2.61. The summed E-state index contributed by atoms with van der Waals surface area (Å²) >= 11 is 0. The number of benzene rings is 1. The zero-order chi connectivity index (χ0) is 17.4. The first kappa shape index (κ1) is 17.5. The number of carbonyl (C=O) groups excluding carboxylic acids is 2. The average molecular weight is 339 g/mol. The molecule has 0 bridgehead atoms. The summed E-state index contributed by atoms with van der Waals surface area (Å²) in [5.74, 6) is -8.29. The maximum atomic E-state index is 12.7. The van der Waals surface area contributed by atoms with Crippen LogP contribution in [0, 0.1) is 5.92 Å². The van der Waals surface area contributed by atoms with Crippen LogP contribution < -0.4 is 5.32 Å². The number of hydrogen-bond donors (Lipinski definition) is 1. The molecule has 9 heteroatoms. The summed E-state index contributed by atoms with van der Waals surface area (Å²) in [6.07, 6.45) is -10.7. The van der Waals surface area contributed by atoms with E-state index in [0.717, 1.165) is 0 Å². The summed E-state index contributed by atoms with van der Waals surface area (Å²) in [6, 6.07) is 4.19. The number of halogens is 6. The van der Waals surface area contributed by atoms with Crippen LogP contribution in [0.2, 0.25) is 0 Å². The van der Waals surface area contributed by atoms with Gasteiger partial charge in [-0.2, -0.15) is 26.3 Å². The Hall–Kier alpha value is -1.90. The van der Waals surface area contributed by atoms with Gasteiger partial charge in [0.1, 0.15) is 5.92 Å². The zero-order valence-electron chi connectivity index (χ0n) is 11.5. The number of nitrogens with one attached hydrogen (secondary N) is 1. The lowest BCUT2D eigenvalue weighted by molar-refractivity contribution is -0.191. The van der Waals surface area contributed by atoms with Crippen molar-refractivity contribution in [1.82, 2.24) is 5.32 Å². The third kappa shape index (κ3) is 3.54. The third-order valence-electron chi connectivity index (χ3n) is 3.61. The minimum atomic E-state index is -5.54. The van der Waals surface area contributed by atoms with Crippen LogP contribution >= 0.6 is 0 Å². The Morgan fingerprint density at radius 1 is 1.00 bits per heavy atom. The van der Waals surface area contributed by atoms with Crippen LogP contribution in [0.5, 0.6) is 0 Å². The highest BCUT2D eigenvalue weighted by atomic mass is 19.4. The summed E-state index contributed by atoms with van der Waals surface area (Å²) in [5, 5.41) is 2.44. The largest absolute Gasteiger partial charge is 0.450 e. The maximum Gasteiger partial charge on any atom is 0.450 e. The predicted molar refractivity (Wildman–Crippen MR) is 66.5 cm³/mol. The van der Waals surface area contributed by atoms with Crippen LogP contribution in [-0.2, 0) is 16.0 Å². The van der Waals surface area contributed by atoms with Crippen LogP contribution in [-0.4, -0.2) is 30.5 Å². The molecule has 0 unspecified atom stereocenters. The second-order valence-electron chi connectivity index (χ2n) is 5.08. The van der Waals surface area contributed by atoms with Gasteiger partial charge in [0.15, 0.2) is 0 Å². The molecule has 0 amide bonds. The van der Waals surface area contributed by atoms with Crippen LogP contribution in [0.15, 0.2) is 24.3 Å². The second kappa shape index (κ2) is 5.95. The lowest BCUT2D eigenvalue weighted by Crippen LogP contribution is -2.49. The average Bonchev–Trinajstić information content (AvgIpc) is 2.45. The fourth-order valence-electron chi connectivity index (χ4n) is 2.61. The molecule has 1 aromatic rings. The van der Waals surface area contributed by atoms with E-state index in [1.807, 2.05) is 0 Å². The van der Waals surface area contributed by atoms with E-state index in [1.165, 1.54) is 18.2 Å². The lowest BCUT2D eigenvalue weighted by Gasteiger charge is -2.32. The van der Waals surface area contributed by atoms with E-state index >= 15 is 0 Å². The molecule has 0 saturated heterocycles. The third-order valence-corrected chi connectivity index (χ3v) is 3.61. The van der Waals surface area contributed by atoms with Gasteiger partial charge in [0, 0.05) is 6.04 Å². The molecule has 1 N–H and O–H groups in total. The molecule has 126 valence electrons. The highest BCUT2D eigenvalue weighted by Crippen LogP contribution is 2.37. The number of ketones is 2. The highest BCUT2D eigenvalue weighted by molar-refractivity contribution is 6.07. The molecule has 23 heavy (non-hydrogen) atoms. The number of alkyl halides is 6. The van der Waals surface area contributed by atoms with Crippen LogP contribution in [0.4, 0.5) is 26.3 Å². The Morgan fingerprint density at radius 2 is 1.52 bits per heavy atom. The Morgan fingerprint density at radius 3 is 2.04 bits per heavy atom. The number of carbonyl (C=O) groups is 2. The molecule has 1 aliphatic rings. The summed E-state index contributed by atoms with van der Waals surface area (Å²) in [7, 11) is 0. The molecule has 0 fully saturated rings. The predicted octanol–water partition coefficient (Wildman–Crippen LogP) is 2.75. The molecule has 0 saturated carbocycles. The molecule has 3 nitrogen and oxygen atoms in total. The van der Waals surface area contributed by atoms with Crippen molar-refractivity contribution in [3.8, 4) is 0 Å². The van der Waals surface area contributed by atoms with E-state index in [9.17, 15) is 35.9 Å². The normalized spacial score (nSPS) is 18.7. The summed E-state index contributed by atoms with van der Waals surface area (Å²) < 4.78 is 76.1. The number of fused-ring (bicyclic) bond motifs is 1. The van der Waals surface area contributed by atoms with Crippen molar-refractivity contribution in [1.29, 1.82) is 0 Å². The van der Waals surface area contributed by atoms with Gasteiger partial charge in [0.25, 0.3) is 0 Å². The van der Waals surface area contributed by atoms with Crippen LogP contribution in [0.25, 0.3) is 0 Å². The molecular formula is C14H11F6NO2. The van der Waals surface area contributed by atoms with Gasteiger partial charge in [-0.15, -0.1) is 0 Å². The summed E-state index contributed by atoms with van der Waals surface area (Å²) in [4.78, 5) is 23.0. The smallest absolute Gasteiger partial charge is 0.309 e. The number of rotatable bonds is 3. The van der Waals surface area contributed by atoms with Crippen LogP contribution in [0.1, 0.15) is 17.2 Å². The van der Waals surface area contributed by atoms with Crippen molar-refractivity contribution in [2.24, 2.45) is 5.92 Å². The van der Waals surface area contributed by atoms with Gasteiger partial charge < -0.3 is 5.32 Å². The van der Waals surface area contributed by atoms with Crippen molar-refractivity contribution in [3.63, 3.8) is 0 Å². The van der Waals surface area contributed by atoms with Crippen molar-refractivity contribution < 1.29 is 35.9 Å². The molecule has 0 aliphatic carbocycles. The highest BCUT2D eigenvalue weighted by Gasteiger charge is 2.56. The van der Waals surface area contributed by atoms with Gasteiger partial charge in [0.2, 0.25) is 11.6 Å². The van der Waals surface area contributed by atoms with E-state index in [2.05, 4.69) is 5.32 Å². The van der Waals surface area contributed by atoms with Crippen LogP contribution in [0.3, 0.4) is 0 Å². The fraction of sp³-hybridized carbons (Fsp3) is 0.429. The summed E-state index contributed by atoms with van der Waals surface area (Å²) in [5.41, 5.74) is 0.602. The summed E-state index contributed by atoms with van der Waals surface area (Å²) in [6.45, 7) is 0.0639. The SMILES string of the molecule is O=C(C(C(=O)C(F)(F)F)[C@H]1NCCc2ccccc21)C(F)(F)F.